The third-order valence-corrected chi connectivity index (χ3v) is 8.76. The Kier molecular flexibility index (Phi) is 10.4. The molecule has 0 bridgehead atoms. The van der Waals surface area contributed by atoms with Gasteiger partial charge in [0.15, 0.2) is 24.2 Å². The van der Waals surface area contributed by atoms with E-state index in [0.29, 0.717) is 13.0 Å². The molecule has 4 aliphatic heterocycles. The molecule has 0 amide bonds. The maximum Gasteiger partial charge on any atom is 0.190 e. The smallest absolute Gasteiger partial charge is 0.190 e. The van der Waals surface area contributed by atoms with Gasteiger partial charge in [-0.1, -0.05) is 54.5 Å². The van der Waals surface area contributed by atoms with E-state index in [9.17, 15) is 5.53 Å². The number of hydrogen-bond acceptors (Lipinski definition) is 11. The standard InChI is InChI=1S/C34H45N3O10/c1-7-23-26(39-18-21-13-15-22(38-6)16-14-21)28(40-17-20-11-9-8-10-12-20)25(36-37-35)31(42-23)41-19-24-27-29(45-33(2,3)44-27)30-32(43-24)47-34(4,5)46-30/h8-16,23-32H,7,17-19H2,1-6H3/t23?,24?,25?,26-,27-,28+,29-,30?,31?,32-/m0/s1. The van der Waals surface area contributed by atoms with Crippen molar-refractivity contribution in [2.75, 3.05) is 13.7 Å². The second-order valence-corrected chi connectivity index (χ2v) is 13.1. The highest BCUT2D eigenvalue weighted by molar-refractivity contribution is 5.26. The van der Waals surface area contributed by atoms with Crippen molar-refractivity contribution in [3.8, 4) is 5.75 Å². The normalized spacial score (nSPS) is 35.4. The van der Waals surface area contributed by atoms with Crippen LogP contribution in [0.4, 0.5) is 0 Å². The minimum Gasteiger partial charge on any atom is -0.497 e. The van der Waals surface area contributed by atoms with Crippen LogP contribution in [0.25, 0.3) is 10.4 Å². The van der Waals surface area contributed by atoms with Crippen molar-refractivity contribution in [2.24, 2.45) is 5.11 Å². The number of benzene rings is 2. The van der Waals surface area contributed by atoms with Gasteiger partial charge in [-0.3, -0.25) is 0 Å². The van der Waals surface area contributed by atoms with Crippen molar-refractivity contribution in [2.45, 2.75) is 127 Å². The lowest BCUT2D eigenvalue weighted by molar-refractivity contribution is -0.297. The summed E-state index contributed by atoms with van der Waals surface area (Å²) in [7, 11) is 1.63. The maximum absolute atomic E-state index is 9.70. The Balaban J connectivity index is 1.21. The van der Waals surface area contributed by atoms with E-state index >= 15 is 0 Å². The van der Waals surface area contributed by atoms with Gasteiger partial charge in [-0.25, -0.2) is 0 Å². The topological polar surface area (TPSA) is 141 Å². The van der Waals surface area contributed by atoms with Crippen LogP contribution in [0.1, 0.15) is 52.2 Å². The van der Waals surface area contributed by atoms with E-state index < -0.39 is 72.9 Å². The first-order valence-electron chi connectivity index (χ1n) is 16.2. The molecule has 0 aliphatic carbocycles. The first kappa shape index (κ1) is 34.1. The predicted molar refractivity (Wildman–Crippen MR) is 167 cm³/mol. The fourth-order valence-electron chi connectivity index (χ4n) is 6.63. The van der Waals surface area contributed by atoms with Crippen molar-refractivity contribution in [3.63, 3.8) is 0 Å². The van der Waals surface area contributed by atoms with E-state index in [1.165, 1.54) is 0 Å². The van der Waals surface area contributed by atoms with Gasteiger partial charge in [0.1, 0.15) is 48.4 Å². The third kappa shape index (κ3) is 7.76. The van der Waals surface area contributed by atoms with Crippen molar-refractivity contribution in [3.05, 3.63) is 76.2 Å². The van der Waals surface area contributed by atoms with E-state index in [1.54, 1.807) is 7.11 Å². The summed E-state index contributed by atoms with van der Waals surface area (Å²) in [5.41, 5.74) is 11.6. The highest BCUT2D eigenvalue weighted by Crippen LogP contribution is 2.44. The molecule has 4 aliphatic rings. The van der Waals surface area contributed by atoms with Crippen LogP contribution >= 0.6 is 0 Å². The summed E-state index contributed by atoms with van der Waals surface area (Å²) in [5.74, 6) is -0.940. The summed E-state index contributed by atoms with van der Waals surface area (Å²) >= 11 is 0. The second kappa shape index (κ2) is 14.4. The molecule has 47 heavy (non-hydrogen) atoms. The minimum absolute atomic E-state index is 0.0505. The number of methoxy groups -OCH3 is 1. The van der Waals surface area contributed by atoms with Gasteiger partial charge in [0.05, 0.1) is 33.0 Å². The van der Waals surface area contributed by atoms with Crippen molar-refractivity contribution >= 4 is 0 Å². The fraction of sp³-hybridized carbons (Fsp3) is 0.647. The molecule has 0 saturated carbocycles. The van der Waals surface area contributed by atoms with E-state index in [1.807, 2.05) is 89.2 Å². The monoisotopic (exact) mass is 655 g/mol. The number of nitrogens with zero attached hydrogens (tertiary/aromatic N) is 3. The molecule has 6 rings (SSSR count). The number of rotatable bonds is 12. The molecular formula is C34H45N3O10. The van der Waals surface area contributed by atoms with E-state index in [-0.39, 0.29) is 13.2 Å². The Hall–Kier alpha value is -2.81. The molecule has 2 aromatic carbocycles. The van der Waals surface area contributed by atoms with Gasteiger partial charge in [0.2, 0.25) is 0 Å². The van der Waals surface area contributed by atoms with Crippen LogP contribution in [0.2, 0.25) is 0 Å². The molecule has 0 N–H and O–H groups in total. The first-order chi connectivity index (χ1) is 22.6. The van der Waals surface area contributed by atoms with Gasteiger partial charge in [0.25, 0.3) is 0 Å². The Morgan fingerprint density at radius 2 is 1.38 bits per heavy atom. The molecule has 4 saturated heterocycles. The number of hydrogen-bond donors (Lipinski definition) is 0. The largest absolute Gasteiger partial charge is 0.497 e. The number of fused-ring (bicyclic) bond motifs is 3. The van der Waals surface area contributed by atoms with Gasteiger partial charge in [-0.05, 0) is 62.9 Å². The summed E-state index contributed by atoms with van der Waals surface area (Å²) in [6.07, 6.45) is -4.65. The van der Waals surface area contributed by atoms with E-state index in [0.717, 1.165) is 16.9 Å². The van der Waals surface area contributed by atoms with Crippen LogP contribution in [0.3, 0.4) is 0 Å². The average Bonchev–Trinajstić information content (AvgIpc) is 3.56. The van der Waals surface area contributed by atoms with Crippen LogP contribution in [0.15, 0.2) is 59.7 Å². The summed E-state index contributed by atoms with van der Waals surface area (Å²) in [5, 5.41) is 4.15. The molecule has 0 radical (unpaired) electrons. The summed E-state index contributed by atoms with van der Waals surface area (Å²) in [6.45, 7) is 10.0. The van der Waals surface area contributed by atoms with Crippen LogP contribution in [0.5, 0.6) is 5.75 Å². The first-order valence-corrected chi connectivity index (χ1v) is 16.2. The predicted octanol–water partition coefficient (Wildman–Crippen LogP) is 5.39. The molecule has 0 aromatic heterocycles. The molecular weight excluding hydrogens is 610 g/mol. The fourth-order valence-corrected chi connectivity index (χ4v) is 6.63. The Morgan fingerprint density at radius 1 is 0.745 bits per heavy atom. The lowest BCUT2D eigenvalue weighted by Crippen LogP contribution is -2.60. The molecule has 4 heterocycles. The zero-order valence-corrected chi connectivity index (χ0v) is 27.7. The zero-order chi connectivity index (χ0) is 33.2. The SMILES string of the molecule is CCC1OC(OCC2O[C@H]3OC(C)(C)OC3[C@H]3OC(C)(C)O[C@@H]23)C(N=[N+]=[N-])[C@@H](OCc2ccccc2)[C@H]1OCc1ccc(OC)cc1. The molecule has 13 nitrogen and oxygen atoms in total. The lowest BCUT2D eigenvalue weighted by Gasteiger charge is -2.45. The van der Waals surface area contributed by atoms with Crippen molar-refractivity contribution in [1.82, 2.24) is 0 Å². The van der Waals surface area contributed by atoms with Gasteiger partial charge >= 0.3 is 0 Å². The Labute approximate surface area is 275 Å². The van der Waals surface area contributed by atoms with Crippen molar-refractivity contribution < 1.29 is 47.4 Å². The summed E-state index contributed by atoms with van der Waals surface area (Å²) in [4.78, 5) is 3.17. The van der Waals surface area contributed by atoms with Gasteiger partial charge in [0, 0.05) is 4.91 Å². The van der Waals surface area contributed by atoms with E-state index in [4.69, 9.17) is 47.4 Å². The highest BCUT2D eigenvalue weighted by Gasteiger charge is 2.61. The maximum atomic E-state index is 9.70. The molecule has 13 heteroatoms. The summed E-state index contributed by atoms with van der Waals surface area (Å²) < 4.78 is 62.3. The molecule has 10 atom stereocenters. The molecule has 5 unspecified atom stereocenters. The molecule has 256 valence electrons. The van der Waals surface area contributed by atoms with Crippen molar-refractivity contribution in [1.29, 1.82) is 0 Å². The lowest BCUT2D eigenvalue weighted by atomic mass is 9.95. The number of ether oxygens (including phenoxy) is 10. The van der Waals surface area contributed by atoms with Crippen LogP contribution in [-0.2, 0) is 55.8 Å². The third-order valence-electron chi connectivity index (χ3n) is 8.76. The minimum atomic E-state index is -0.954. The van der Waals surface area contributed by atoms with E-state index in [2.05, 4.69) is 10.0 Å². The quantitative estimate of drug-likeness (QED) is 0.166. The van der Waals surface area contributed by atoms with Gasteiger partial charge in [-0.15, -0.1) is 0 Å². The molecule has 0 spiro atoms. The Morgan fingerprint density at radius 3 is 2.06 bits per heavy atom. The van der Waals surface area contributed by atoms with Crippen LogP contribution < -0.4 is 4.74 Å². The molecule has 2 aromatic rings. The average molecular weight is 656 g/mol. The molecule has 4 fully saturated rings. The Bertz CT molecular complexity index is 1370. The second-order valence-electron chi connectivity index (χ2n) is 13.1. The van der Waals surface area contributed by atoms with Crippen LogP contribution in [-0.4, -0.2) is 86.6 Å². The number of azide groups is 1. The van der Waals surface area contributed by atoms with Crippen LogP contribution in [0, 0.1) is 0 Å². The van der Waals surface area contributed by atoms with Gasteiger partial charge in [-0.2, -0.15) is 0 Å². The van der Waals surface area contributed by atoms with Gasteiger partial charge < -0.3 is 47.4 Å². The zero-order valence-electron chi connectivity index (χ0n) is 27.7. The summed E-state index contributed by atoms with van der Waals surface area (Å²) in [6, 6.07) is 16.6. The highest BCUT2D eigenvalue weighted by atomic mass is 16.9.